The standard InChI is InChI=1S/C19H36S/c1-3-4-5-6-7-8-9-10-11-12-15-20-17-19-14-13-18(2)16-19/h19H,2-17H2,1H3/t19-/m1/s1. The molecule has 0 spiro atoms. The van der Waals surface area contributed by atoms with Crippen molar-refractivity contribution in [3.8, 4) is 0 Å². The smallest absolute Gasteiger partial charge is 0.00360 e. The van der Waals surface area contributed by atoms with Gasteiger partial charge in [0.05, 0.1) is 0 Å². The third-order valence-corrected chi connectivity index (χ3v) is 5.76. The molecule has 0 nitrogen and oxygen atoms in total. The van der Waals surface area contributed by atoms with E-state index >= 15 is 0 Å². The predicted molar refractivity (Wildman–Crippen MR) is 95.7 cm³/mol. The van der Waals surface area contributed by atoms with Crippen LogP contribution in [0.15, 0.2) is 12.2 Å². The van der Waals surface area contributed by atoms with Crippen LogP contribution in [0.4, 0.5) is 0 Å². The molecule has 0 aromatic carbocycles. The van der Waals surface area contributed by atoms with Crippen molar-refractivity contribution in [1.29, 1.82) is 0 Å². The summed E-state index contributed by atoms with van der Waals surface area (Å²) in [5.74, 6) is 3.73. The lowest BCUT2D eigenvalue weighted by Crippen LogP contribution is -1.97. The summed E-state index contributed by atoms with van der Waals surface area (Å²) in [6, 6.07) is 0. The molecule has 1 saturated carbocycles. The van der Waals surface area contributed by atoms with E-state index in [9.17, 15) is 0 Å². The van der Waals surface area contributed by atoms with E-state index in [4.69, 9.17) is 0 Å². The fourth-order valence-electron chi connectivity index (χ4n) is 3.10. The Bertz CT molecular complexity index is 234. The molecule has 0 radical (unpaired) electrons. The second kappa shape index (κ2) is 12.8. The van der Waals surface area contributed by atoms with Gasteiger partial charge in [0.25, 0.3) is 0 Å². The van der Waals surface area contributed by atoms with Gasteiger partial charge < -0.3 is 0 Å². The van der Waals surface area contributed by atoms with Crippen LogP contribution < -0.4 is 0 Å². The fraction of sp³-hybridized carbons (Fsp3) is 0.895. The molecule has 0 saturated heterocycles. The molecule has 20 heavy (non-hydrogen) atoms. The van der Waals surface area contributed by atoms with Gasteiger partial charge in [-0.3, -0.25) is 0 Å². The van der Waals surface area contributed by atoms with E-state index in [0.29, 0.717) is 0 Å². The highest BCUT2D eigenvalue weighted by Crippen LogP contribution is 2.31. The molecule has 1 aliphatic carbocycles. The average Bonchev–Trinajstić information content (AvgIpc) is 2.86. The number of hydrogen-bond acceptors (Lipinski definition) is 1. The van der Waals surface area contributed by atoms with Gasteiger partial charge in [-0.15, -0.1) is 0 Å². The van der Waals surface area contributed by atoms with E-state index in [1.54, 1.807) is 0 Å². The summed E-state index contributed by atoms with van der Waals surface area (Å²) >= 11 is 2.19. The van der Waals surface area contributed by atoms with Crippen LogP contribution >= 0.6 is 11.8 Å². The average molecular weight is 297 g/mol. The molecule has 0 bridgehead atoms. The van der Waals surface area contributed by atoms with Crippen LogP contribution in [0.3, 0.4) is 0 Å². The molecule has 1 rings (SSSR count). The summed E-state index contributed by atoms with van der Waals surface area (Å²) in [4.78, 5) is 0. The first-order valence-electron chi connectivity index (χ1n) is 9.07. The third kappa shape index (κ3) is 9.91. The summed E-state index contributed by atoms with van der Waals surface area (Å²) in [5, 5.41) is 0. The Labute approximate surface area is 132 Å². The molecule has 1 aliphatic rings. The maximum absolute atomic E-state index is 4.10. The molecule has 0 amide bonds. The Balaban J connectivity index is 1.71. The van der Waals surface area contributed by atoms with Crippen molar-refractivity contribution >= 4 is 11.8 Å². The van der Waals surface area contributed by atoms with E-state index < -0.39 is 0 Å². The van der Waals surface area contributed by atoms with Crippen LogP contribution in [0.25, 0.3) is 0 Å². The summed E-state index contributed by atoms with van der Waals surface area (Å²) < 4.78 is 0. The molecule has 0 aromatic heterocycles. The van der Waals surface area contributed by atoms with Crippen molar-refractivity contribution in [3.05, 3.63) is 12.2 Å². The van der Waals surface area contributed by atoms with Gasteiger partial charge in [-0.05, 0) is 43.1 Å². The number of hydrogen-bond donors (Lipinski definition) is 0. The highest BCUT2D eigenvalue weighted by atomic mass is 32.2. The van der Waals surface area contributed by atoms with Crippen molar-refractivity contribution in [1.82, 2.24) is 0 Å². The SMILES string of the molecule is C=C1CC[C@@H](CSCCCCCCCCCCCC)C1. The quantitative estimate of drug-likeness (QED) is 0.260. The first kappa shape index (κ1) is 18.1. The zero-order valence-electron chi connectivity index (χ0n) is 13.8. The van der Waals surface area contributed by atoms with Gasteiger partial charge in [0.15, 0.2) is 0 Å². The summed E-state index contributed by atoms with van der Waals surface area (Å²) in [6.45, 7) is 6.40. The maximum Gasteiger partial charge on any atom is -0.00360 e. The molecule has 0 unspecified atom stereocenters. The largest absolute Gasteiger partial charge is 0.162 e. The van der Waals surface area contributed by atoms with Gasteiger partial charge in [-0.2, -0.15) is 11.8 Å². The highest BCUT2D eigenvalue weighted by molar-refractivity contribution is 7.99. The van der Waals surface area contributed by atoms with E-state index in [-0.39, 0.29) is 0 Å². The second-order valence-electron chi connectivity index (χ2n) is 6.62. The van der Waals surface area contributed by atoms with Gasteiger partial charge in [0.1, 0.15) is 0 Å². The van der Waals surface area contributed by atoms with E-state index in [1.165, 1.54) is 101 Å². The van der Waals surface area contributed by atoms with E-state index in [0.717, 1.165) is 5.92 Å². The van der Waals surface area contributed by atoms with Crippen molar-refractivity contribution in [2.45, 2.75) is 90.4 Å². The van der Waals surface area contributed by atoms with Crippen molar-refractivity contribution in [2.75, 3.05) is 11.5 Å². The molecular formula is C19H36S. The van der Waals surface area contributed by atoms with Crippen LogP contribution in [0.5, 0.6) is 0 Å². The Kier molecular flexibility index (Phi) is 11.6. The third-order valence-electron chi connectivity index (χ3n) is 4.48. The Morgan fingerprint density at radius 3 is 2.10 bits per heavy atom. The van der Waals surface area contributed by atoms with Gasteiger partial charge in [-0.1, -0.05) is 76.9 Å². The highest BCUT2D eigenvalue weighted by Gasteiger charge is 2.17. The van der Waals surface area contributed by atoms with Crippen LogP contribution in [0.2, 0.25) is 0 Å². The van der Waals surface area contributed by atoms with Gasteiger partial charge >= 0.3 is 0 Å². The lowest BCUT2D eigenvalue weighted by atomic mass is 10.1. The maximum atomic E-state index is 4.10. The van der Waals surface area contributed by atoms with Crippen molar-refractivity contribution in [2.24, 2.45) is 5.92 Å². The Morgan fingerprint density at radius 1 is 0.950 bits per heavy atom. The lowest BCUT2D eigenvalue weighted by molar-refractivity contribution is 0.563. The van der Waals surface area contributed by atoms with Gasteiger partial charge in [0.2, 0.25) is 0 Å². The zero-order chi connectivity index (χ0) is 14.5. The minimum Gasteiger partial charge on any atom is -0.162 e. The molecule has 0 heterocycles. The molecule has 0 aliphatic heterocycles. The molecule has 1 heteroatoms. The predicted octanol–water partition coefficient (Wildman–Crippen LogP) is 7.00. The number of rotatable bonds is 13. The van der Waals surface area contributed by atoms with Crippen molar-refractivity contribution < 1.29 is 0 Å². The lowest BCUT2D eigenvalue weighted by Gasteiger charge is -2.07. The van der Waals surface area contributed by atoms with Crippen LogP contribution in [-0.2, 0) is 0 Å². The topological polar surface area (TPSA) is 0 Å². The summed E-state index contributed by atoms with van der Waals surface area (Å²) in [7, 11) is 0. The Hall–Kier alpha value is 0.0900. The van der Waals surface area contributed by atoms with Crippen molar-refractivity contribution in [3.63, 3.8) is 0 Å². The van der Waals surface area contributed by atoms with Gasteiger partial charge in [0, 0.05) is 0 Å². The molecule has 118 valence electrons. The molecular weight excluding hydrogens is 260 g/mol. The van der Waals surface area contributed by atoms with Crippen LogP contribution in [-0.4, -0.2) is 11.5 Å². The summed E-state index contributed by atoms with van der Waals surface area (Å²) in [5.41, 5.74) is 1.49. The van der Waals surface area contributed by atoms with Crippen LogP contribution in [0.1, 0.15) is 90.4 Å². The monoisotopic (exact) mass is 296 g/mol. The molecule has 1 fully saturated rings. The number of thioether (sulfide) groups is 1. The normalized spacial score (nSPS) is 18.9. The minimum absolute atomic E-state index is 0.954. The molecule has 1 atom stereocenters. The second-order valence-corrected chi connectivity index (χ2v) is 7.77. The first-order valence-corrected chi connectivity index (χ1v) is 10.2. The van der Waals surface area contributed by atoms with E-state index in [1.807, 2.05) is 0 Å². The van der Waals surface area contributed by atoms with Gasteiger partial charge in [-0.25, -0.2) is 0 Å². The van der Waals surface area contributed by atoms with Crippen LogP contribution in [0, 0.1) is 5.92 Å². The summed E-state index contributed by atoms with van der Waals surface area (Å²) in [6.07, 6.45) is 18.5. The number of unbranched alkanes of at least 4 members (excludes halogenated alkanes) is 9. The van der Waals surface area contributed by atoms with E-state index in [2.05, 4.69) is 25.3 Å². The fourth-order valence-corrected chi connectivity index (χ4v) is 4.30. The zero-order valence-corrected chi connectivity index (χ0v) is 14.6. The minimum atomic E-state index is 0.954. The first-order chi connectivity index (χ1) is 9.83. The number of allylic oxidation sites excluding steroid dienone is 1. The Morgan fingerprint density at radius 2 is 1.55 bits per heavy atom. The molecule has 0 aromatic rings. The molecule has 0 N–H and O–H groups in total.